The third-order valence-electron chi connectivity index (χ3n) is 3.75. The number of aliphatic carboxylic acids is 1. The van der Waals surface area contributed by atoms with Crippen molar-refractivity contribution in [3.8, 4) is 0 Å². The van der Waals surface area contributed by atoms with Crippen molar-refractivity contribution in [2.75, 3.05) is 18.8 Å². The fraction of sp³-hybridized carbons (Fsp3) is 0.769. The standard InChI is InChI=1S/C13H23N5O4S/c14-13(15)16-6-3-4-9(8-23-17-22)11(19)18-7-2-1-5-10(18)12(20)21/h9-10H,1-8H2,(H,20,21)(H4,14,15,16). The molecule has 0 saturated carbocycles. The maximum Gasteiger partial charge on any atom is 0.326 e. The van der Waals surface area contributed by atoms with E-state index in [1.54, 1.807) is 0 Å². The summed E-state index contributed by atoms with van der Waals surface area (Å²) < 4.78 is 2.73. The molecule has 1 amide bonds. The number of carboxylic acid groups (broad SMARTS) is 1. The Bertz CT molecular complexity index is 456. The van der Waals surface area contributed by atoms with Crippen molar-refractivity contribution in [1.82, 2.24) is 4.90 Å². The second kappa shape index (κ2) is 10.0. The van der Waals surface area contributed by atoms with E-state index in [2.05, 4.69) is 9.57 Å². The molecule has 1 fully saturated rings. The second-order valence-corrected chi connectivity index (χ2v) is 6.14. The van der Waals surface area contributed by atoms with Crippen LogP contribution in [0.5, 0.6) is 0 Å². The Labute approximate surface area is 139 Å². The van der Waals surface area contributed by atoms with Gasteiger partial charge in [0, 0.05) is 41.3 Å². The first-order valence-electron chi connectivity index (χ1n) is 7.50. The highest BCUT2D eigenvalue weighted by Crippen LogP contribution is 2.24. The number of nitrogens with two attached hydrogens (primary N) is 2. The molecule has 1 saturated heterocycles. The molecule has 1 heterocycles. The van der Waals surface area contributed by atoms with Gasteiger partial charge in [-0.3, -0.25) is 9.79 Å². The molecule has 1 rings (SSSR count). The van der Waals surface area contributed by atoms with Crippen LogP contribution in [0.2, 0.25) is 0 Å². The number of piperidine rings is 1. The van der Waals surface area contributed by atoms with E-state index >= 15 is 0 Å². The molecular formula is C13H23N5O4S. The molecule has 5 N–H and O–H groups in total. The maximum atomic E-state index is 12.7. The number of aliphatic imine (C=N–C) groups is 1. The van der Waals surface area contributed by atoms with Crippen molar-refractivity contribution in [2.24, 2.45) is 27.0 Å². The zero-order chi connectivity index (χ0) is 17.2. The molecule has 0 bridgehead atoms. The molecule has 9 nitrogen and oxygen atoms in total. The lowest BCUT2D eigenvalue weighted by atomic mass is 9.97. The Morgan fingerprint density at radius 3 is 2.70 bits per heavy atom. The lowest BCUT2D eigenvalue weighted by Gasteiger charge is -2.35. The molecule has 0 aromatic rings. The molecule has 1 aliphatic heterocycles. The van der Waals surface area contributed by atoms with Crippen LogP contribution in [0, 0.1) is 10.8 Å². The quantitative estimate of drug-likeness (QED) is 0.181. The lowest BCUT2D eigenvalue weighted by molar-refractivity contribution is -0.153. The Morgan fingerprint density at radius 2 is 2.09 bits per heavy atom. The van der Waals surface area contributed by atoms with Gasteiger partial charge in [0.25, 0.3) is 0 Å². The molecule has 0 aromatic carbocycles. The van der Waals surface area contributed by atoms with Crippen LogP contribution >= 0.6 is 11.9 Å². The van der Waals surface area contributed by atoms with Crippen molar-refractivity contribution < 1.29 is 14.7 Å². The van der Waals surface area contributed by atoms with Gasteiger partial charge in [0.15, 0.2) is 5.96 Å². The van der Waals surface area contributed by atoms with Crippen LogP contribution in [-0.4, -0.2) is 52.7 Å². The molecule has 1 aliphatic rings. The minimum atomic E-state index is -0.988. The summed E-state index contributed by atoms with van der Waals surface area (Å²) in [5.41, 5.74) is 10.5. The highest BCUT2D eigenvalue weighted by atomic mass is 32.2. The fourth-order valence-electron chi connectivity index (χ4n) is 2.63. The van der Waals surface area contributed by atoms with Gasteiger partial charge < -0.3 is 21.5 Å². The largest absolute Gasteiger partial charge is 0.480 e. The van der Waals surface area contributed by atoms with Gasteiger partial charge in [-0.25, -0.2) is 4.79 Å². The van der Waals surface area contributed by atoms with Crippen molar-refractivity contribution in [1.29, 1.82) is 0 Å². The Balaban J connectivity index is 2.70. The monoisotopic (exact) mass is 345 g/mol. The zero-order valence-electron chi connectivity index (χ0n) is 12.9. The summed E-state index contributed by atoms with van der Waals surface area (Å²) in [7, 11) is 0. The fourth-order valence-corrected chi connectivity index (χ4v) is 3.18. The average molecular weight is 345 g/mol. The van der Waals surface area contributed by atoms with E-state index in [1.807, 2.05) is 0 Å². The highest BCUT2D eigenvalue weighted by molar-refractivity contribution is 7.97. The minimum Gasteiger partial charge on any atom is -0.480 e. The summed E-state index contributed by atoms with van der Waals surface area (Å²) in [6.07, 6.45) is 3.08. The molecule has 2 unspecified atom stereocenters. The van der Waals surface area contributed by atoms with Gasteiger partial charge in [-0.05, 0) is 32.1 Å². The van der Waals surface area contributed by atoms with Crippen LogP contribution in [0.1, 0.15) is 32.1 Å². The molecule has 0 radical (unpaired) electrons. The summed E-state index contributed by atoms with van der Waals surface area (Å²) in [6.45, 7) is 0.813. The van der Waals surface area contributed by atoms with Crippen LogP contribution in [0.4, 0.5) is 0 Å². The molecule has 0 aromatic heterocycles. The number of guanidine groups is 1. The summed E-state index contributed by atoms with van der Waals surface area (Å²) in [5, 5.41) is 9.28. The molecule has 2 atom stereocenters. The van der Waals surface area contributed by atoms with E-state index < -0.39 is 17.9 Å². The molecule has 23 heavy (non-hydrogen) atoms. The third-order valence-corrected chi connectivity index (χ3v) is 4.41. The van der Waals surface area contributed by atoms with Gasteiger partial charge in [0.05, 0.1) is 0 Å². The van der Waals surface area contributed by atoms with Gasteiger partial charge in [-0.15, -0.1) is 4.91 Å². The predicted molar refractivity (Wildman–Crippen MR) is 88.6 cm³/mol. The smallest absolute Gasteiger partial charge is 0.326 e. The summed E-state index contributed by atoms with van der Waals surface area (Å²) in [5.74, 6) is -1.48. The van der Waals surface area contributed by atoms with Crippen LogP contribution < -0.4 is 11.5 Å². The van der Waals surface area contributed by atoms with Gasteiger partial charge in [-0.1, -0.05) is 0 Å². The SMILES string of the molecule is NC(N)=NCCCC(CSN=O)C(=O)N1CCCCC1C(=O)O. The van der Waals surface area contributed by atoms with E-state index in [4.69, 9.17) is 11.5 Å². The van der Waals surface area contributed by atoms with E-state index in [0.29, 0.717) is 32.4 Å². The first-order valence-corrected chi connectivity index (χ1v) is 8.45. The number of rotatable bonds is 9. The van der Waals surface area contributed by atoms with Crippen LogP contribution in [0.15, 0.2) is 9.57 Å². The summed E-state index contributed by atoms with van der Waals surface area (Å²) in [4.78, 5) is 39.6. The van der Waals surface area contributed by atoms with Crippen LogP contribution in [-0.2, 0) is 9.59 Å². The first kappa shape index (κ1) is 19.2. The molecule has 0 aliphatic carbocycles. The Kier molecular flexibility index (Phi) is 8.38. The van der Waals surface area contributed by atoms with Crippen LogP contribution in [0.25, 0.3) is 0 Å². The normalized spacial score (nSPS) is 19.0. The Morgan fingerprint density at radius 1 is 1.35 bits per heavy atom. The van der Waals surface area contributed by atoms with E-state index in [0.717, 1.165) is 24.8 Å². The molecule has 130 valence electrons. The van der Waals surface area contributed by atoms with Gasteiger partial charge in [-0.2, -0.15) is 0 Å². The van der Waals surface area contributed by atoms with Crippen LogP contribution in [0.3, 0.4) is 0 Å². The van der Waals surface area contributed by atoms with E-state index in [9.17, 15) is 19.6 Å². The molecule has 0 spiro atoms. The number of amides is 1. The number of hydrogen-bond acceptors (Lipinski definition) is 6. The first-order chi connectivity index (χ1) is 11.0. The Hall–Kier alpha value is -1.84. The lowest BCUT2D eigenvalue weighted by Crippen LogP contribution is -2.50. The van der Waals surface area contributed by atoms with Gasteiger partial charge in [0.1, 0.15) is 6.04 Å². The summed E-state index contributed by atoms with van der Waals surface area (Å²) >= 11 is 0.772. The number of likely N-dealkylation sites (tertiary alicyclic amines) is 1. The minimum absolute atomic E-state index is 0.0150. The van der Waals surface area contributed by atoms with E-state index in [1.165, 1.54) is 4.90 Å². The molecule has 10 heteroatoms. The number of carbonyl (C=O) groups excluding carboxylic acids is 1. The van der Waals surface area contributed by atoms with Crippen molar-refractivity contribution in [3.05, 3.63) is 4.91 Å². The van der Waals surface area contributed by atoms with E-state index in [-0.39, 0.29) is 17.6 Å². The number of carbonyl (C=O) groups is 2. The second-order valence-electron chi connectivity index (χ2n) is 5.40. The highest BCUT2D eigenvalue weighted by Gasteiger charge is 2.35. The van der Waals surface area contributed by atoms with Crippen molar-refractivity contribution in [3.63, 3.8) is 0 Å². The number of nitroso groups, excluding NO2 is 1. The third kappa shape index (κ3) is 6.43. The number of carboxylic acids is 1. The summed E-state index contributed by atoms with van der Waals surface area (Å²) in [6, 6.07) is -0.786. The van der Waals surface area contributed by atoms with Gasteiger partial charge >= 0.3 is 5.97 Å². The topological polar surface area (TPSA) is 151 Å². The zero-order valence-corrected chi connectivity index (χ0v) is 13.7. The average Bonchev–Trinajstić information content (AvgIpc) is 2.53. The predicted octanol–water partition coefficient (Wildman–Crippen LogP) is 0.537. The maximum absolute atomic E-state index is 12.7. The van der Waals surface area contributed by atoms with Gasteiger partial charge in [0.2, 0.25) is 5.91 Å². The van der Waals surface area contributed by atoms with Crippen molar-refractivity contribution >= 4 is 29.8 Å². The van der Waals surface area contributed by atoms with Crippen molar-refractivity contribution in [2.45, 2.75) is 38.1 Å². The number of nitrogens with zero attached hydrogens (tertiary/aromatic N) is 3. The molecular weight excluding hydrogens is 322 g/mol. The number of hydrogen-bond donors (Lipinski definition) is 3.